The van der Waals surface area contributed by atoms with Gasteiger partial charge in [0.05, 0.1) is 5.52 Å². The van der Waals surface area contributed by atoms with Crippen molar-refractivity contribution in [3.63, 3.8) is 0 Å². The maximum Gasteiger partial charge on any atom is 0.165 e. The minimum Gasteiger partial charge on any atom is -0.384 e. The second-order valence-electron chi connectivity index (χ2n) is 4.96. The maximum absolute atomic E-state index is 14.0. The molecule has 0 aliphatic heterocycles. The summed E-state index contributed by atoms with van der Waals surface area (Å²) in [5.74, 6) is -1.93. The molecule has 0 aliphatic carbocycles. The van der Waals surface area contributed by atoms with Crippen molar-refractivity contribution in [3.8, 4) is 0 Å². The molecule has 1 atom stereocenters. The number of hydrogen-bond donors (Lipinski definition) is 1. The second-order valence-corrected chi connectivity index (χ2v) is 4.96. The Morgan fingerprint density at radius 2 is 1.86 bits per heavy atom. The average Bonchev–Trinajstić information content (AvgIpc) is 2.52. The van der Waals surface area contributed by atoms with Crippen LogP contribution in [0.3, 0.4) is 0 Å². The molecule has 4 heteroatoms. The molecular formula is C17H13F2NO. The van der Waals surface area contributed by atoms with E-state index in [4.69, 9.17) is 0 Å². The normalized spacial score (nSPS) is 12.6. The van der Waals surface area contributed by atoms with Gasteiger partial charge in [-0.15, -0.1) is 0 Å². The third-order valence-electron chi connectivity index (χ3n) is 3.54. The minimum absolute atomic E-state index is 0.0682. The van der Waals surface area contributed by atoms with E-state index in [9.17, 15) is 13.9 Å². The van der Waals surface area contributed by atoms with Crippen molar-refractivity contribution < 1.29 is 13.9 Å². The molecule has 0 fully saturated rings. The van der Waals surface area contributed by atoms with E-state index in [1.807, 2.05) is 6.07 Å². The van der Waals surface area contributed by atoms with Crippen molar-refractivity contribution in [2.24, 2.45) is 0 Å². The van der Waals surface area contributed by atoms with E-state index < -0.39 is 17.7 Å². The molecule has 0 spiro atoms. The first kappa shape index (κ1) is 13.6. The van der Waals surface area contributed by atoms with E-state index in [0.717, 1.165) is 10.9 Å². The molecule has 1 N–H and O–H groups in total. The number of aryl methyl sites for hydroxylation is 1. The van der Waals surface area contributed by atoms with Crippen LogP contribution in [0.1, 0.15) is 22.8 Å². The lowest BCUT2D eigenvalue weighted by molar-refractivity contribution is 0.213. The predicted octanol–water partition coefficient (Wildman–Crippen LogP) is 3.90. The van der Waals surface area contributed by atoms with Crippen molar-refractivity contribution in [2.45, 2.75) is 13.0 Å². The van der Waals surface area contributed by atoms with E-state index >= 15 is 0 Å². The van der Waals surface area contributed by atoms with Gasteiger partial charge in [-0.2, -0.15) is 0 Å². The summed E-state index contributed by atoms with van der Waals surface area (Å²) in [5, 5.41) is 11.2. The van der Waals surface area contributed by atoms with Gasteiger partial charge in [0.25, 0.3) is 0 Å². The summed E-state index contributed by atoms with van der Waals surface area (Å²) in [6.07, 6.45) is 0.456. The van der Waals surface area contributed by atoms with E-state index in [2.05, 4.69) is 4.98 Å². The fourth-order valence-corrected chi connectivity index (χ4v) is 2.32. The molecular weight excluding hydrogens is 272 g/mol. The number of rotatable bonds is 2. The zero-order valence-electron chi connectivity index (χ0n) is 11.3. The third kappa shape index (κ3) is 2.38. The quantitative estimate of drug-likeness (QED) is 0.774. The molecule has 1 heterocycles. The highest BCUT2D eigenvalue weighted by atomic mass is 19.2. The number of hydrogen-bond acceptors (Lipinski definition) is 2. The van der Waals surface area contributed by atoms with E-state index in [0.29, 0.717) is 5.56 Å². The Morgan fingerprint density at radius 3 is 2.67 bits per heavy atom. The van der Waals surface area contributed by atoms with Crippen LogP contribution < -0.4 is 0 Å². The first-order chi connectivity index (χ1) is 10.1. The SMILES string of the molecule is Cc1ccc(C(O)c2ccc3ncccc3c2)c(F)c1F. The molecule has 2 nitrogen and oxygen atoms in total. The molecule has 0 bridgehead atoms. The zero-order chi connectivity index (χ0) is 15.0. The zero-order valence-corrected chi connectivity index (χ0v) is 11.3. The van der Waals surface area contributed by atoms with Gasteiger partial charge >= 0.3 is 0 Å². The van der Waals surface area contributed by atoms with Crippen LogP contribution in [0.15, 0.2) is 48.7 Å². The van der Waals surface area contributed by atoms with Crippen molar-refractivity contribution in [2.75, 3.05) is 0 Å². The topological polar surface area (TPSA) is 33.1 Å². The summed E-state index contributed by atoms with van der Waals surface area (Å²) < 4.78 is 27.6. The fourth-order valence-electron chi connectivity index (χ4n) is 2.32. The molecule has 1 aromatic heterocycles. The number of benzene rings is 2. The monoisotopic (exact) mass is 285 g/mol. The molecule has 1 unspecified atom stereocenters. The molecule has 0 radical (unpaired) electrons. The van der Waals surface area contributed by atoms with Crippen molar-refractivity contribution in [1.29, 1.82) is 0 Å². The number of halogens is 2. The Labute approximate surface area is 120 Å². The summed E-state index contributed by atoms with van der Waals surface area (Å²) in [7, 11) is 0. The molecule has 3 rings (SSSR count). The Bertz CT molecular complexity index is 817. The van der Waals surface area contributed by atoms with Gasteiger partial charge in [-0.05, 0) is 36.2 Å². The van der Waals surface area contributed by atoms with Gasteiger partial charge < -0.3 is 5.11 Å². The minimum atomic E-state index is -1.22. The lowest BCUT2D eigenvalue weighted by Crippen LogP contribution is -2.05. The van der Waals surface area contributed by atoms with Crippen LogP contribution in [0.4, 0.5) is 8.78 Å². The van der Waals surface area contributed by atoms with Gasteiger partial charge in [0.1, 0.15) is 6.10 Å². The smallest absolute Gasteiger partial charge is 0.165 e. The lowest BCUT2D eigenvalue weighted by Gasteiger charge is -2.14. The van der Waals surface area contributed by atoms with Crippen LogP contribution in [-0.2, 0) is 0 Å². The molecule has 2 aromatic carbocycles. The Hall–Kier alpha value is -2.33. The first-order valence-corrected chi connectivity index (χ1v) is 6.55. The van der Waals surface area contributed by atoms with E-state index in [1.54, 1.807) is 30.5 Å². The van der Waals surface area contributed by atoms with Crippen LogP contribution in [0.2, 0.25) is 0 Å². The molecule has 0 saturated heterocycles. The van der Waals surface area contributed by atoms with Crippen molar-refractivity contribution in [1.82, 2.24) is 4.98 Å². The summed E-state index contributed by atoms with van der Waals surface area (Å²) in [5.41, 5.74) is 1.43. The number of pyridine rings is 1. The molecule has 21 heavy (non-hydrogen) atoms. The molecule has 0 amide bonds. The number of aliphatic hydroxyl groups excluding tert-OH is 1. The first-order valence-electron chi connectivity index (χ1n) is 6.55. The Kier molecular flexibility index (Phi) is 3.39. The summed E-state index contributed by atoms with van der Waals surface area (Å²) in [6.45, 7) is 1.48. The van der Waals surface area contributed by atoms with E-state index in [-0.39, 0.29) is 11.1 Å². The number of fused-ring (bicyclic) bond motifs is 1. The summed E-state index contributed by atoms with van der Waals surface area (Å²) in [6, 6.07) is 11.6. The molecule has 106 valence electrons. The van der Waals surface area contributed by atoms with Crippen LogP contribution in [0.25, 0.3) is 10.9 Å². The summed E-state index contributed by atoms with van der Waals surface area (Å²) in [4.78, 5) is 4.18. The fraction of sp³-hybridized carbons (Fsp3) is 0.118. The molecule has 0 aliphatic rings. The number of nitrogens with zero attached hydrogens (tertiary/aromatic N) is 1. The Balaban J connectivity index is 2.08. The van der Waals surface area contributed by atoms with Gasteiger partial charge in [-0.1, -0.05) is 24.3 Å². The van der Waals surface area contributed by atoms with Crippen molar-refractivity contribution in [3.05, 3.63) is 77.0 Å². The van der Waals surface area contributed by atoms with Gasteiger partial charge in [-0.25, -0.2) is 8.78 Å². The standard InChI is InChI=1S/C17H13F2NO/c1-10-4-6-13(16(19)15(10)18)17(21)12-5-7-14-11(9-12)3-2-8-20-14/h2-9,17,21H,1H3. The molecule has 3 aromatic rings. The summed E-state index contributed by atoms with van der Waals surface area (Å²) >= 11 is 0. The maximum atomic E-state index is 14.0. The number of aliphatic hydroxyl groups is 1. The van der Waals surface area contributed by atoms with Crippen LogP contribution in [0.5, 0.6) is 0 Å². The van der Waals surface area contributed by atoms with Crippen LogP contribution in [-0.4, -0.2) is 10.1 Å². The van der Waals surface area contributed by atoms with E-state index in [1.165, 1.54) is 19.1 Å². The Morgan fingerprint density at radius 1 is 1.05 bits per heavy atom. The van der Waals surface area contributed by atoms with Crippen molar-refractivity contribution >= 4 is 10.9 Å². The average molecular weight is 285 g/mol. The van der Waals surface area contributed by atoms with Crippen LogP contribution >= 0.6 is 0 Å². The largest absolute Gasteiger partial charge is 0.384 e. The van der Waals surface area contributed by atoms with Gasteiger partial charge in [-0.3, -0.25) is 4.98 Å². The highest BCUT2D eigenvalue weighted by Gasteiger charge is 2.19. The lowest BCUT2D eigenvalue weighted by atomic mass is 9.98. The highest BCUT2D eigenvalue weighted by Crippen LogP contribution is 2.28. The highest BCUT2D eigenvalue weighted by molar-refractivity contribution is 5.79. The van der Waals surface area contributed by atoms with Crippen LogP contribution in [0, 0.1) is 18.6 Å². The number of aromatic nitrogens is 1. The predicted molar refractivity (Wildman–Crippen MR) is 76.9 cm³/mol. The third-order valence-corrected chi connectivity index (χ3v) is 3.54. The van der Waals surface area contributed by atoms with Gasteiger partial charge in [0.15, 0.2) is 11.6 Å². The van der Waals surface area contributed by atoms with Gasteiger partial charge in [0, 0.05) is 17.1 Å². The second kappa shape index (κ2) is 5.22. The molecule has 0 saturated carbocycles. The van der Waals surface area contributed by atoms with Gasteiger partial charge in [0.2, 0.25) is 0 Å².